The fourth-order valence-electron chi connectivity index (χ4n) is 1.91. The average Bonchev–Trinajstić information content (AvgIpc) is 2.59. The molecule has 2 aromatic carbocycles. The van der Waals surface area contributed by atoms with E-state index in [4.69, 9.17) is 20.6 Å². The topological polar surface area (TPSA) is 35.5 Å². The summed E-state index contributed by atoms with van der Waals surface area (Å²) in [5, 5.41) is 0.723. The lowest BCUT2D eigenvalue weighted by atomic mass is 10.3. The summed E-state index contributed by atoms with van der Waals surface area (Å²) in [6, 6.07) is 15.2. The van der Waals surface area contributed by atoms with E-state index in [1.165, 1.54) is 11.4 Å². The van der Waals surface area contributed by atoms with Crippen LogP contribution in [-0.4, -0.2) is 12.4 Å². The molecule has 7 heteroatoms. The van der Waals surface area contributed by atoms with E-state index in [1.807, 2.05) is 55.5 Å². The van der Waals surface area contributed by atoms with Gasteiger partial charge in [0.05, 0.1) is 6.61 Å². The molecule has 0 bridgehead atoms. The van der Waals surface area contributed by atoms with E-state index in [2.05, 4.69) is 6.92 Å². The van der Waals surface area contributed by atoms with Gasteiger partial charge >= 0.3 is 6.80 Å². The van der Waals surface area contributed by atoms with Crippen LogP contribution in [0.15, 0.2) is 58.3 Å². The molecule has 1 atom stereocenters. The normalized spacial score (nSPS) is 13.4. The summed E-state index contributed by atoms with van der Waals surface area (Å²) in [5.41, 5.74) is 0. The maximum atomic E-state index is 12.8. The largest absolute Gasteiger partial charge is 0.440 e. The molecule has 0 N–H and O–H groups in total. The number of benzene rings is 2. The molecule has 0 aliphatic carbocycles. The lowest BCUT2D eigenvalue weighted by Gasteiger charge is -2.17. The van der Waals surface area contributed by atoms with E-state index in [0.717, 1.165) is 33.4 Å². The summed E-state index contributed by atoms with van der Waals surface area (Å²) in [6.45, 7) is 1.12. The molecular weight excluding hydrogens is 395 g/mol. The Balaban J connectivity index is 1.99. The first kappa shape index (κ1) is 20.7. The van der Waals surface area contributed by atoms with E-state index in [1.54, 1.807) is 11.8 Å². The van der Waals surface area contributed by atoms with Gasteiger partial charge in [0.15, 0.2) is 0 Å². The molecular formula is C18H22ClO3PS2. The molecule has 0 aliphatic heterocycles. The van der Waals surface area contributed by atoms with Gasteiger partial charge in [0.1, 0.15) is 5.75 Å². The van der Waals surface area contributed by atoms with Gasteiger partial charge in [-0.2, -0.15) is 0 Å². The summed E-state index contributed by atoms with van der Waals surface area (Å²) >= 11 is 8.80. The van der Waals surface area contributed by atoms with Crippen LogP contribution in [0.2, 0.25) is 5.02 Å². The maximum absolute atomic E-state index is 12.8. The highest BCUT2D eigenvalue weighted by Gasteiger charge is 2.26. The average molecular weight is 417 g/mol. The molecule has 0 radical (unpaired) electrons. The molecule has 0 aromatic heterocycles. The predicted molar refractivity (Wildman–Crippen MR) is 109 cm³/mol. The first-order chi connectivity index (χ1) is 12.0. The van der Waals surface area contributed by atoms with Crippen molar-refractivity contribution in [2.45, 2.75) is 36.5 Å². The zero-order valence-corrected chi connectivity index (χ0v) is 17.6. The monoisotopic (exact) mass is 416 g/mol. The molecule has 0 aliphatic rings. The van der Waals surface area contributed by atoms with Gasteiger partial charge in [-0.05, 0) is 73.3 Å². The quantitative estimate of drug-likeness (QED) is 0.295. The second kappa shape index (κ2) is 10.5. The van der Waals surface area contributed by atoms with Crippen molar-refractivity contribution < 1.29 is 13.6 Å². The van der Waals surface area contributed by atoms with Gasteiger partial charge in [-0.3, -0.25) is 4.52 Å². The lowest BCUT2D eigenvalue weighted by molar-refractivity contribution is 0.296. The van der Waals surface area contributed by atoms with Crippen LogP contribution >= 0.6 is 41.5 Å². The third kappa shape index (κ3) is 7.28. The molecule has 0 saturated carbocycles. The fourth-order valence-corrected chi connectivity index (χ4v) is 6.38. The van der Waals surface area contributed by atoms with E-state index < -0.39 is 6.80 Å². The van der Waals surface area contributed by atoms with Crippen LogP contribution in [0.4, 0.5) is 0 Å². The Bertz CT molecular complexity index is 692. The van der Waals surface area contributed by atoms with Gasteiger partial charge < -0.3 is 4.52 Å². The van der Waals surface area contributed by atoms with Crippen LogP contribution in [0.5, 0.6) is 5.75 Å². The molecule has 2 rings (SSSR count). The number of hydrogen-bond acceptors (Lipinski definition) is 5. The van der Waals surface area contributed by atoms with E-state index >= 15 is 0 Å². The van der Waals surface area contributed by atoms with Crippen LogP contribution in [0.1, 0.15) is 26.7 Å². The number of unbranched alkanes of at least 4 members (excludes halogenated alkanes) is 1. The molecule has 25 heavy (non-hydrogen) atoms. The fraction of sp³-hybridized carbons (Fsp3) is 0.333. The molecule has 0 heterocycles. The van der Waals surface area contributed by atoms with Crippen molar-refractivity contribution in [1.29, 1.82) is 0 Å². The van der Waals surface area contributed by atoms with Crippen LogP contribution in [0.25, 0.3) is 0 Å². The smallest absolute Gasteiger partial charge is 0.417 e. The molecule has 0 amide bonds. The zero-order valence-electron chi connectivity index (χ0n) is 14.3. The Kier molecular flexibility index (Phi) is 8.74. The molecule has 136 valence electrons. The van der Waals surface area contributed by atoms with Crippen molar-refractivity contribution in [2.24, 2.45) is 0 Å². The summed E-state index contributed by atoms with van der Waals surface area (Å²) < 4.78 is 23.8. The Hall–Kier alpha value is -0.580. The predicted octanol–water partition coefficient (Wildman–Crippen LogP) is 7.55. The summed E-state index contributed by atoms with van der Waals surface area (Å²) in [4.78, 5) is 2.17. The third-order valence-corrected chi connectivity index (χ3v) is 8.23. The van der Waals surface area contributed by atoms with Gasteiger partial charge in [0.25, 0.3) is 0 Å². The SMILES string of the molecule is CCCCSP(=O)(OCC)Oc1ccc(Sc2ccc(Cl)cc2)cc1. The number of hydrogen-bond donors (Lipinski definition) is 0. The third-order valence-electron chi connectivity index (χ3n) is 3.12. The van der Waals surface area contributed by atoms with Gasteiger partial charge in [0.2, 0.25) is 0 Å². The van der Waals surface area contributed by atoms with Gasteiger partial charge in [-0.15, -0.1) is 0 Å². The van der Waals surface area contributed by atoms with Crippen molar-refractivity contribution in [3.63, 3.8) is 0 Å². The van der Waals surface area contributed by atoms with Crippen LogP contribution in [-0.2, 0) is 9.09 Å². The highest BCUT2D eigenvalue weighted by atomic mass is 35.5. The molecule has 3 nitrogen and oxygen atoms in total. The summed E-state index contributed by atoms with van der Waals surface area (Å²) in [6.07, 6.45) is 2.04. The summed E-state index contributed by atoms with van der Waals surface area (Å²) in [5.74, 6) is 1.32. The lowest BCUT2D eigenvalue weighted by Crippen LogP contribution is -1.96. The van der Waals surface area contributed by atoms with Crippen LogP contribution < -0.4 is 4.52 Å². The first-order valence-corrected chi connectivity index (χ1v) is 12.5. The van der Waals surface area contributed by atoms with Crippen molar-refractivity contribution in [3.8, 4) is 5.75 Å². The van der Waals surface area contributed by atoms with E-state index in [0.29, 0.717) is 12.4 Å². The Labute approximate surface area is 163 Å². The zero-order chi connectivity index (χ0) is 18.1. The van der Waals surface area contributed by atoms with Gasteiger partial charge in [0, 0.05) is 20.6 Å². The number of rotatable bonds is 10. The molecule has 1 unspecified atom stereocenters. The Morgan fingerprint density at radius 2 is 1.60 bits per heavy atom. The Morgan fingerprint density at radius 1 is 1.00 bits per heavy atom. The van der Waals surface area contributed by atoms with Crippen LogP contribution in [0, 0.1) is 0 Å². The van der Waals surface area contributed by atoms with Crippen LogP contribution in [0.3, 0.4) is 0 Å². The van der Waals surface area contributed by atoms with Crippen molar-refractivity contribution in [3.05, 3.63) is 53.6 Å². The highest BCUT2D eigenvalue weighted by Crippen LogP contribution is 2.60. The van der Waals surface area contributed by atoms with Gasteiger partial charge in [-0.1, -0.05) is 36.7 Å². The molecule has 0 fully saturated rings. The molecule has 2 aromatic rings. The van der Waals surface area contributed by atoms with Gasteiger partial charge in [-0.25, -0.2) is 4.57 Å². The minimum Gasteiger partial charge on any atom is -0.417 e. The minimum atomic E-state index is -3.16. The first-order valence-electron chi connectivity index (χ1n) is 8.17. The van der Waals surface area contributed by atoms with Crippen molar-refractivity contribution in [2.75, 3.05) is 12.4 Å². The molecule has 0 spiro atoms. The van der Waals surface area contributed by atoms with Crippen molar-refractivity contribution in [1.82, 2.24) is 0 Å². The second-order valence-corrected chi connectivity index (χ2v) is 10.9. The minimum absolute atomic E-state index is 0.362. The van der Waals surface area contributed by atoms with E-state index in [-0.39, 0.29) is 0 Å². The maximum Gasteiger partial charge on any atom is 0.440 e. The highest BCUT2D eigenvalue weighted by molar-refractivity contribution is 8.55. The molecule has 0 saturated heterocycles. The summed E-state index contributed by atoms with van der Waals surface area (Å²) in [7, 11) is 0. The number of halogens is 1. The van der Waals surface area contributed by atoms with E-state index in [9.17, 15) is 4.57 Å². The standard InChI is InChI=1S/C18H22ClO3PS2/c1-3-5-14-24-23(20,21-4-2)22-16-8-12-18(13-9-16)25-17-10-6-15(19)7-11-17/h6-13H,3-5,14H2,1-2H3. The van der Waals surface area contributed by atoms with Crippen molar-refractivity contribution >= 4 is 41.5 Å². The Morgan fingerprint density at radius 3 is 2.16 bits per heavy atom. The second-order valence-electron chi connectivity index (χ2n) is 5.17.